The van der Waals surface area contributed by atoms with Crippen LogP contribution in [0.25, 0.3) is 0 Å². The minimum atomic E-state index is -0.506. The van der Waals surface area contributed by atoms with Crippen LogP contribution in [-0.4, -0.2) is 41.3 Å². The molecule has 0 spiro atoms. The predicted octanol–water partition coefficient (Wildman–Crippen LogP) is 1.51. The second kappa shape index (κ2) is 5.08. The molecule has 96 valence electrons. The Morgan fingerprint density at radius 1 is 1.53 bits per heavy atom. The van der Waals surface area contributed by atoms with E-state index in [0.29, 0.717) is 19.6 Å². The molecular weight excluding hydrogens is 216 g/mol. The number of urea groups is 1. The summed E-state index contributed by atoms with van der Waals surface area (Å²) in [6, 6.07) is -0.0301. The number of hydrogen-bond acceptors (Lipinski definition) is 2. The van der Waals surface area contributed by atoms with E-state index in [1.165, 1.54) is 6.42 Å². The van der Waals surface area contributed by atoms with Gasteiger partial charge in [0.05, 0.1) is 5.60 Å². The third-order valence-corrected chi connectivity index (χ3v) is 4.11. The fraction of sp³-hybridized carbons (Fsp3) is 0.769. The van der Waals surface area contributed by atoms with Crippen molar-refractivity contribution in [3.8, 4) is 0 Å². The van der Waals surface area contributed by atoms with Crippen molar-refractivity contribution < 1.29 is 9.90 Å². The largest absolute Gasteiger partial charge is 0.389 e. The van der Waals surface area contributed by atoms with Crippen LogP contribution in [-0.2, 0) is 0 Å². The molecule has 1 heterocycles. The van der Waals surface area contributed by atoms with Crippen LogP contribution in [0.1, 0.15) is 32.1 Å². The van der Waals surface area contributed by atoms with Gasteiger partial charge in [0.2, 0.25) is 0 Å². The van der Waals surface area contributed by atoms with Crippen LogP contribution in [0.15, 0.2) is 12.7 Å². The second-order valence-electron chi connectivity index (χ2n) is 5.22. The minimum Gasteiger partial charge on any atom is -0.389 e. The molecule has 0 unspecified atom stereocenters. The molecule has 2 fully saturated rings. The highest BCUT2D eigenvalue weighted by Gasteiger charge is 2.43. The molecule has 1 saturated carbocycles. The fourth-order valence-electron chi connectivity index (χ4n) is 3.03. The molecule has 0 radical (unpaired) electrons. The number of likely N-dealkylation sites (tertiary alicyclic amines) is 1. The van der Waals surface area contributed by atoms with E-state index >= 15 is 0 Å². The molecule has 4 nitrogen and oxygen atoms in total. The molecule has 2 aliphatic rings. The van der Waals surface area contributed by atoms with E-state index in [2.05, 4.69) is 11.9 Å². The Balaban J connectivity index is 1.92. The first-order chi connectivity index (χ1) is 8.15. The van der Waals surface area contributed by atoms with E-state index in [-0.39, 0.29) is 11.9 Å². The van der Waals surface area contributed by atoms with Crippen molar-refractivity contribution in [1.82, 2.24) is 10.2 Å². The SMILES string of the molecule is C=CCNC(=O)N1CC[C@]2(O)CCCC[C@@H]2C1. The van der Waals surface area contributed by atoms with Gasteiger partial charge in [-0.2, -0.15) is 0 Å². The van der Waals surface area contributed by atoms with Crippen LogP contribution >= 0.6 is 0 Å². The van der Waals surface area contributed by atoms with E-state index in [4.69, 9.17) is 0 Å². The first-order valence-corrected chi connectivity index (χ1v) is 6.52. The van der Waals surface area contributed by atoms with Crippen LogP contribution < -0.4 is 5.32 Å². The van der Waals surface area contributed by atoms with Crippen LogP contribution in [0.2, 0.25) is 0 Å². The van der Waals surface area contributed by atoms with Gasteiger partial charge in [-0.05, 0) is 19.3 Å². The monoisotopic (exact) mass is 238 g/mol. The quantitative estimate of drug-likeness (QED) is 0.716. The van der Waals surface area contributed by atoms with Crippen molar-refractivity contribution in [3.05, 3.63) is 12.7 Å². The molecule has 2 rings (SSSR count). The summed E-state index contributed by atoms with van der Waals surface area (Å²) >= 11 is 0. The number of nitrogens with one attached hydrogen (secondary N) is 1. The Hall–Kier alpha value is -1.03. The van der Waals surface area contributed by atoms with Gasteiger partial charge in [0.25, 0.3) is 0 Å². The van der Waals surface area contributed by atoms with Gasteiger partial charge in [0.15, 0.2) is 0 Å². The van der Waals surface area contributed by atoms with Gasteiger partial charge < -0.3 is 15.3 Å². The second-order valence-corrected chi connectivity index (χ2v) is 5.22. The molecule has 2 N–H and O–H groups in total. The lowest BCUT2D eigenvalue weighted by Crippen LogP contribution is -2.56. The van der Waals surface area contributed by atoms with E-state index in [1.54, 1.807) is 6.08 Å². The number of rotatable bonds is 2. The summed E-state index contributed by atoms with van der Waals surface area (Å²) < 4.78 is 0. The van der Waals surface area contributed by atoms with Crippen molar-refractivity contribution in [2.75, 3.05) is 19.6 Å². The molecule has 1 aliphatic carbocycles. The average molecular weight is 238 g/mol. The lowest BCUT2D eigenvalue weighted by molar-refractivity contribution is -0.0870. The standard InChI is InChI=1S/C13H22N2O2/c1-2-8-14-12(16)15-9-7-13(17)6-4-3-5-11(13)10-15/h2,11,17H,1,3-10H2,(H,14,16)/t11-,13-/m1/s1. The Labute approximate surface area is 103 Å². The van der Waals surface area contributed by atoms with Crippen molar-refractivity contribution in [1.29, 1.82) is 0 Å². The van der Waals surface area contributed by atoms with Crippen molar-refractivity contribution >= 4 is 6.03 Å². The lowest BCUT2D eigenvalue weighted by atomic mass is 9.71. The summed E-state index contributed by atoms with van der Waals surface area (Å²) in [5.41, 5.74) is -0.506. The van der Waals surface area contributed by atoms with E-state index in [0.717, 1.165) is 25.7 Å². The van der Waals surface area contributed by atoms with Gasteiger partial charge in [-0.3, -0.25) is 0 Å². The first kappa shape index (κ1) is 12.4. The molecule has 2 amide bonds. The molecule has 4 heteroatoms. The van der Waals surface area contributed by atoms with Gasteiger partial charge in [0, 0.05) is 25.6 Å². The molecule has 0 aromatic rings. The third kappa shape index (κ3) is 2.63. The number of fused-ring (bicyclic) bond motifs is 1. The van der Waals surface area contributed by atoms with E-state index < -0.39 is 5.60 Å². The van der Waals surface area contributed by atoms with Crippen molar-refractivity contribution in [2.24, 2.45) is 5.92 Å². The maximum Gasteiger partial charge on any atom is 0.317 e. The highest BCUT2D eigenvalue weighted by atomic mass is 16.3. The van der Waals surface area contributed by atoms with Gasteiger partial charge in [-0.1, -0.05) is 18.9 Å². The Morgan fingerprint density at radius 3 is 3.12 bits per heavy atom. The molecule has 0 aromatic heterocycles. The summed E-state index contributed by atoms with van der Waals surface area (Å²) in [6.45, 7) is 5.44. The number of carbonyl (C=O) groups is 1. The topological polar surface area (TPSA) is 52.6 Å². The van der Waals surface area contributed by atoms with Crippen molar-refractivity contribution in [3.63, 3.8) is 0 Å². The summed E-state index contributed by atoms with van der Waals surface area (Å²) in [7, 11) is 0. The summed E-state index contributed by atoms with van der Waals surface area (Å²) in [6.07, 6.45) is 6.64. The van der Waals surface area contributed by atoms with Crippen LogP contribution in [0.3, 0.4) is 0 Å². The zero-order valence-corrected chi connectivity index (χ0v) is 10.3. The molecule has 0 aromatic carbocycles. The average Bonchev–Trinajstić information content (AvgIpc) is 2.34. The molecule has 0 bridgehead atoms. The third-order valence-electron chi connectivity index (χ3n) is 4.11. The molecular formula is C13H22N2O2. The highest BCUT2D eigenvalue weighted by Crippen LogP contribution is 2.39. The summed E-state index contributed by atoms with van der Waals surface area (Å²) in [5, 5.41) is 13.3. The Kier molecular flexibility index (Phi) is 3.72. The van der Waals surface area contributed by atoms with Gasteiger partial charge >= 0.3 is 6.03 Å². The number of amides is 2. The zero-order chi connectivity index (χ0) is 12.3. The lowest BCUT2D eigenvalue weighted by Gasteiger charge is -2.47. The number of piperidine rings is 1. The summed E-state index contributed by atoms with van der Waals surface area (Å²) in [4.78, 5) is 13.6. The molecule has 1 aliphatic heterocycles. The number of hydrogen-bond donors (Lipinski definition) is 2. The normalized spacial score (nSPS) is 32.8. The fourth-order valence-corrected chi connectivity index (χ4v) is 3.03. The van der Waals surface area contributed by atoms with Crippen molar-refractivity contribution in [2.45, 2.75) is 37.7 Å². The van der Waals surface area contributed by atoms with E-state index in [1.807, 2.05) is 4.90 Å². The molecule has 1 saturated heterocycles. The Bertz CT molecular complexity index is 306. The number of aliphatic hydroxyl groups is 1. The first-order valence-electron chi connectivity index (χ1n) is 6.52. The summed E-state index contributed by atoms with van der Waals surface area (Å²) in [5.74, 6) is 0.263. The molecule has 17 heavy (non-hydrogen) atoms. The van der Waals surface area contributed by atoms with Gasteiger partial charge in [0.1, 0.15) is 0 Å². The predicted molar refractivity (Wildman–Crippen MR) is 66.7 cm³/mol. The zero-order valence-electron chi connectivity index (χ0n) is 10.3. The van der Waals surface area contributed by atoms with Crippen LogP contribution in [0, 0.1) is 5.92 Å². The van der Waals surface area contributed by atoms with Crippen LogP contribution in [0.5, 0.6) is 0 Å². The van der Waals surface area contributed by atoms with Crippen LogP contribution in [0.4, 0.5) is 4.79 Å². The number of carbonyl (C=O) groups excluding carboxylic acids is 1. The molecule has 2 atom stereocenters. The maximum absolute atomic E-state index is 11.8. The van der Waals surface area contributed by atoms with Gasteiger partial charge in [-0.25, -0.2) is 4.79 Å². The van der Waals surface area contributed by atoms with E-state index in [9.17, 15) is 9.90 Å². The smallest absolute Gasteiger partial charge is 0.317 e. The highest BCUT2D eigenvalue weighted by molar-refractivity contribution is 5.74. The number of nitrogens with zero attached hydrogens (tertiary/aromatic N) is 1. The Morgan fingerprint density at radius 2 is 2.35 bits per heavy atom. The maximum atomic E-state index is 11.8. The minimum absolute atomic E-state index is 0.0301. The van der Waals surface area contributed by atoms with Gasteiger partial charge in [-0.15, -0.1) is 6.58 Å².